The molecule has 2 heterocycles. The van der Waals surface area contributed by atoms with Crippen LogP contribution in [0.15, 0.2) is 24.3 Å². The molecule has 0 atom stereocenters. The van der Waals surface area contributed by atoms with Crippen molar-refractivity contribution in [2.45, 2.75) is 25.0 Å². The Hall–Kier alpha value is -2.08. The van der Waals surface area contributed by atoms with Crippen LogP contribution in [0.3, 0.4) is 0 Å². The molecule has 0 aliphatic carbocycles. The van der Waals surface area contributed by atoms with Gasteiger partial charge in [-0.05, 0) is 30.8 Å². The number of benzene rings is 1. The summed E-state index contributed by atoms with van der Waals surface area (Å²) in [5, 5.41) is 3.28. The van der Waals surface area contributed by atoms with E-state index in [9.17, 15) is 9.59 Å². The highest BCUT2D eigenvalue weighted by Gasteiger charge is 2.45. The van der Waals surface area contributed by atoms with Crippen molar-refractivity contribution >= 4 is 12.1 Å². The molecule has 1 spiro atoms. The highest BCUT2D eigenvalue weighted by atomic mass is 16.6. The van der Waals surface area contributed by atoms with Crippen LogP contribution in [0, 0.1) is 0 Å². The molecule has 6 heteroatoms. The lowest BCUT2D eigenvalue weighted by molar-refractivity contribution is 0.0316. The summed E-state index contributed by atoms with van der Waals surface area (Å²) in [6.07, 6.45) is 1.46. The molecule has 1 amide bonds. The van der Waals surface area contributed by atoms with Gasteiger partial charge in [-0.1, -0.05) is 12.1 Å². The fraction of sp³-hybridized carbons (Fsp3) is 0.500. The third-order valence-electron chi connectivity index (χ3n) is 4.30. The number of amides is 1. The van der Waals surface area contributed by atoms with Crippen molar-refractivity contribution in [1.29, 1.82) is 0 Å². The van der Waals surface area contributed by atoms with E-state index in [1.807, 2.05) is 12.1 Å². The molecule has 118 valence electrons. The lowest BCUT2D eigenvalue weighted by Gasteiger charge is -2.31. The minimum Gasteiger partial charge on any atom is -0.465 e. The van der Waals surface area contributed by atoms with Crippen molar-refractivity contribution < 1.29 is 19.1 Å². The summed E-state index contributed by atoms with van der Waals surface area (Å²) in [6.45, 7) is 2.89. The van der Waals surface area contributed by atoms with E-state index >= 15 is 0 Å². The highest BCUT2D eigenvalue weighted by molar-refractivity contribution is 5.89. The fourth-order valence-electron chi connectivity index (χ4n) is 3.04. The highest BCUT2D eigenvalue weighted by Crippen LogP contribution is 2.31. The number of piperidine rings is 1. The summed E-state index contributed by atoms with van der Waals surface area (Å²) in [4.78, 5) is 25.2. The Labute approximate surface area is 129 Å². The van der Waals surface area contributed by atoms with Gasteiger partial charge in [-0.15, -0.1) is 0 Å². The third-order valence-corrected chi connectivity index (χ3v) is 4.30. The second-order valence-electron chi connectivity index (χ2n) is 5.85. The number of carbonyl (C=O) groups excluding carboxylic acids is 2. The quantitative estimate of drug-likeness (QED) is 0.858. The van der Waals surface area contributed by atoms with Crippen molar-refractivity contribution in [3.8, 4) is 0 Å². The van der Waals surface area contributed by atoms with Crippen LogP contribution in [0.25, 0.3) is 0 Å². The van der Waals surface area contributed by atoms with Gasteiger partial charge in [-0.3, -0.25) is 4.90 Å². The summed E-state index contributed by atoms with van der Waals surface area (Å²) in [5.41, 5.74) is 1.15. The van der Waals surface area contributed by atoms with Crippen LogP contribution < -0.4 is 5.32 Å². The summed E-state index contributed by atoms with van der Waals surface area (Å²) in [6, 6.07) is 7.10. The van der Waals surface area contributed by atoms with Crippen molar-refractivity contribution in [2.24, 2.45) is 0 Å². The summed E-state index contributed by atoms with van der Waals surface area (Å²) >= 11 is 0. The van der Waals surface area contributed by atoms with E-state index in [1.54, 1.807) is 17.0 Å². The molecule has 2 saturated heterocycles. The Balaban J connectivity index is 1.65. The van der Waals surface area contributed by atoms with Crippen molar-refractivity contribution in [2.75, 3.05) is 26.7 Å². The van der Waals surface area contributed by atoms with Crippen molar-refractivity contribution in [3.63, 3.8) is 0 Å². The molecular formula is C16H20N2O4. The zero-order valence-corrected chi connectivity index (χ0v) is 12.6. The fourth-order valence-corrected chi connectivity index (χ4v) is 3.04. The lowest BCUT2D eigenvalue weighted by atomic mass is 9.92. The largest absolute Gasteiger partial charge is 0.465 e. The van der Waals surface area contributed by atoms with Gasteiger partial charge < -0.3 is 14.8 Å². The smallest absolute Gasteiger partial charge is 0.410 e. The molecule has 0 aromatic heterocycles. The predicted molar refractivity (Wildman–Crippen MR) is 79.5 cm³/mol. The number of esters is 1. The number of nitrogens with one attached hydrogen (secondary N) is 1. The van der Waals surface area contributed by atoms with Gasteiger partial charge in [-0.25, -0.2) is 9.59 Å². The van der Waals surface area contributed by atoms with Gasteiger partial charge in [0.15, 0.2) is 0 Å². The first-order chi connectivity index (χ1) is 10.6. The second-order valence-corrected chi connectivity index (χ2v) is 5.85. The zero-order chi connectivity index (χ0) is 15.6. The number of carbonyl (C=O) groups is 2. The van der Waals surface area contributed by atoms with E-state index in [0.29, 0.717) is 18.7 Å². The van der Waals surface area contributed by atoms with Gasteiger partial charge in [0.25, 0.3) is 0 Å². The number of nitrogens with zero attached hydrogens (tertiary/aromatic N) is 1. The molecule has 1 aromatic carbocycles. The zero-order valence-electron chi connectivity index (χ0n) is 12.6. The van der Waals surface area contributed by atoms with Crippen LogP contribution >= 0.6 is 0 Å². The maximum Gasteiger partial charge on any atom is 0.410 e. The van der Waals surface area contributed by atoms with E-state index in [-0.39, 0.29) is 17.7 Å². The minimum absolute atomic E-state index is 0.251. The molecule has 2 aliphatic rings. The Morgan fingerprint density at radius 3 is 2.64 bits per heavy atom. The monoisotopic (exact) mass is 304 g/mol. The number of hydrogen-bond donors (Lipinski definition) is 1. The first-order valence-electron chi connectivity index (χ1n) is 7.48. The third kappa shape index (κ3) is 2.92. The van der Waals surface area contributed by atoms with Gasteiger partial charge >= 0.3 is 12.1 Å². The molecule has 1 aromatic rings. The second kappa shape index (κ2) is 5.96. The number of hydrogen-bond acceptors (Lipinski definition) is 5. The van der Waals surface area contributed by atoms with E-state index in [1.165, 1.54) is 7.11 Å². The van der Waals surface area contributed by atoms with Gasteiger partial charge in [0.1, 0.15) is 5.60 Å². The normalized spacial score (nSPS) is 20.0. The summed E-state index contributed by atoms with van der Waals surface area (Å²) in [5.74, 6) is -0.360. The van der Waals surface area contributed by atoms with E-state index < -0.39 is 0 Å². The average Bonchev–Trinajstić information content (AvgIpc) is 2.83. The van der Waals surface area contributed by atoms with Crippen molar-refractivity contribution in [1.82, 2.24) is 10.2 Å². The minimum atomic E-state index is -0.360. The first kappa shape index (κ1) is 14.8. The summed E-state index contributed by atoms with van der Waals surface area (Å²) in [7, 11) is 1.36. The lowest BCUT2D eigenvalue weighted by Crippen LogP contribution is -2.44. The van der Waals surface area contributed by atoms with Gasteiger partial charge in [0.05, 0.1) is 19.2 Å². The van der Waals surface area contributed by atoms with Gasteiger partial charge in [0, 0.05) is 19.4 Å². The molecular weight excluding hydrogens is 284 g/mol. The SMILES string of the molecule is COC(=O)c1ccc(CN2CC3(CCNCC3)OC2=O)cc1. The predicted octanol–water partition coefficient (Wildman–Crippen LogP) is 1.55. The summed E-state index contributed by atoms with van der Waals surface area (Å²) < 4.78 is 10.3. The van der Waals surface area contributed by atoms with Crippen LogP contribution in [0.2, 0.25) is 0 Å². The molecule has 0 radical (unpaired) electrons. The van der Waals surface area contributed by atoms with E-state index in [2.05, 4.69) is 10.1 Å². The van der Waals surface area contributed by atoms with Crippen molar-refractivity contribution in [3.05, 3.63) is 35.4 Å². The maximum absolute atomic E-state index is 12.1. The Kier molecular flexibility index (Phi) is 4.02. The van der Waals surface area contributed by atoms with Crippen LogP contribution in [0.1, 0.15) is 28.8 Å². The molecule has 1 N–H and O–H groups in total. The maximum atomic E-state index is 12.1. The van der Waals surface area contributed by atoms with Crippen LogP contribution in [0.5, 0.6) is 0 Å². The number of rotatable bonds is 3. The standard InChI is InChI=1S/C16H20N2O4/c1-21-14(19)13-4-2-12(3-5-13)10-18-11-16(22-15(18)20)6-8-17-9-7-16/h2-5,17H,6-11H2,1H3. The Morgan fingerprint density at radius 2 is 2.00 bits per heavy atom. The molecule has 0 bridgehead atoms. The van der Waals surface area contributed by atoms with Gasteiger partial charge in [0.2, 0.25) is 0 Å². The molecule has 0 unspecified atom stereocenters. The average molecular weight is 304 g/mol. The first-order valence-corrected chi connectivity index (χ1v) is 7.48. The molecule has 3 rings (SSSR count). The van der Waals surface area contributed by atoms with Gasteiger partial charge in [-0.2, -0.15) is 0 Å². The molecule has 6 nitrogen and oxygen atoms in total. The van der Waals surface area contributed by atoms with Crippen LogP contribution in [-0.4, -0.2) is 49.3 Å². The Bertz CT molecular complexity index is 564. The van der Waals surface area contributed by atoms with Crippen LogP contribution in [-0.2, 0) is 16.0 Å². The van der Waals surface area contributed by atoms with E-state index in [0.717, 1.165) is 31.5 Å². The van der Waals surface area contributed by atoms with E-state index in [4.69, 9.17) is 4.74 Å². The van der Waals surface area contributed by atoms with Crippen LogP contribution in [0.4, 0.5) is 4.79 Å². The Morgan fingerprint density at radius 1 is 1.32 bits per heavy atom. The molecule has 2 fully saturated rings. The molecule has 0 saturated carbocycles. The topological polar surface area (TPSA) is 67.9 Å². The molecule has 22 heavy (non-hydrogen) atoms. The number of methoxy groups -OCH3 is 1. The number of ether oxygens (including phenoxy) is 2. The molecule has 2 aliphatic heterocycles.